The number of ketones is 1. The lowest BCUT2D eigenvalue weighted by atomic mass is 10.1. The lowest BCUT2D eigenvalue weighted by Crippen LogP contribution is -3.13. The van der Waals surface area contributed by atoms with Gasteiger partial charge in [0, 0.05) is 23.5 Å². The average molecular weight is 327 g/mol. The molecule has 2 heterocycles. The monoisotopic (exact) mass is 327 g/mol. The Labute approximate surface area is 142 Å². The number of piperazine rings is 1. The summed E-state index contributed by atoms with van der Waals surface area (Å²) < 4.78 is 5.46. The number of methoxy groups -OCH3 is 1. The minimum Gasteiger partial charge on any atom is -0.496 e. The first-order valence-electron chi connectivity index (χ1n) is 8.21. The molecule has 0 aliphatic carbocycles. The number of benzene rings is 1. The molecule has 24 heavy (non-hydrogen) atoms. The number of hydrogen-bond acceptors (Lipinski definition) is 5. The van der Waals surface area contributed by atoms with E-state index in [0.717, 1.165) is 55.5 Å². The van der Waals surface area contributed by atoms with Crippen LogP contribution >= 0.6 is 0 Å². The Hall–Kier alpha value is -2.47. The van der Waals surface area contributed by atoms with Crippen LogP contribution in [0.3, 0.4) is 0 Å². The van der Waals surface area contributed by atoms with Crippen molar-refractivity contribution in [3.8, 4) is 5.75 Å². The summed E-state index contributed by atoms with van der Waals surface area (Å²) in [5.41, 5.74) is 1.83. The molecule has 1 fully saturated rings. The van der Waals surface area contributed by atoms with Crippen molar-refractivity contribution in [1.82, 2.24) is 9.97 Å². The zero-order valence-electron chi connectivity index (χ0n) is 14.2. The summed E-state index contributed by atoms with van der Waals surface area (Å²) in [6, 6.07) is 7.50. The van der Waals surface area contributed by atoms with E-state index in [9.17, 15) is 4.79 Å². The van der Waals surface area contributed by atoms with Gasteiger partial charge in [-0.05, 0) is 31.2 Å². The Kier molecular flexibility index (Phi) is 5.05. The van der Waals surface area contributed by atoms with Gasteiger partial charge in [-0.3, -0.25) is 4.79 Å². The molecule has 1 aliphatic rings. The number of nitrogens with one attached hydrogen (secondary N) is 1. The summed E-state index contributed by atoms with van der Waals surface area (Å²) in [4.78, 5) is 23.9. The number of hydrogen-bond donors (Lipinski definition) is 1. The highest BCUT2D eigenvalue weighted by molar-refractivity contribution is 5.94. The lowest BCUT2D eigenvalue weighted by Gasteiger charge is -2.32. The van der Waals surface area contributed by atoms with E-state index in [1.807, 2.05) is 24.3 Å². The third-order valence-corrected chi connectivity index (χ3v) is 4.43. The molecule has 0 amide bonds. The van der Waals surface area contributed by atoms with E-state index in [-0.39, 0.29) is 5.78 Å². The number of quaternary nitrogens is 1. The summed E-state index contributed by atoms with van der Waals surface area (Å²) in [6.45, 7) is 6.31. The van der Waals surface area contributed by atoms with Crippen molar-refractivity contribution in [2.24, 2.45) is 0 Å². The summed E-state index contributed by atoms with van der Waals surface area (Å²) in [6.07, 6.45) is 3.55. The molecule has 1 aromatic heterocycles. The second kappa shape index (κ2) is 7.40. The Morgan fingerprint density at radius 3 is 2.58 bits per heavy atom. The molecule has 0 unspecified atom stereocenters. The fourth-order valence-electron chi connectivity index (χ4n) is 3.06. The summed E-state index contributed by atoms with van der Waals surface area (Å²) in [7, 11) is 1.67. The number of anilines is 1. The Morgan fingerprint density at radius 1 is 1.25 bits per heavy atom. The van der Waals surface area contributed by atoms with Gasteiger partial charge in [-0.2, -0.15) is 0 Å². The fraction of sp³-hybridized carbons (Fsp3) is 0.389. The Morgan fingerprint density at radius 2 is 1.96 bits per heavy atom. The quantitative estimate of drug-likeness (QED) is 0.815. The molecular formula is C18H23N4O2+. The van der Waals surface area contributed by atoms with Crippen LogP contribution in [0.5, 0.6) is 5.75 Å². The standard InChI is InChI=1S/C18H22N4O2/c1-14(23)15-4-5-17(24-2)16(12-15)13-21-8-10-22(11-9-21)18-19-6-3-7-20-18/h3-7,12H,8-11,13H2,1-2H3/p+1. The van der Waals surface area contributed by atoms with Crippen molar-refractivity contribution >= 4 is 11.7 Å². The van der Waals surface area contributed by atoms with E-state index in [0.29, 0.717) is 0 Å². The molecule has 126 valence electrons. The predicted molar refractivity (Wildman–Crippen MR) is 91.6 cm³/mol. The largest absolute Gasteiger partial charge is 0.496 e. The van der Waals surface area contributed by atoms with Gasteiger partial charge in [0.2, 0.25) is 5.95 Å². The van der Waals surface area contributed by atoms with Gasteiger partial charge in [-0.1, -0.05) is 0 Å². The molecule has 2 aromatic rings. The third-order valence-electron chi connectivity index (χ3n) is 4.43. The van der Waals surface area contributed by atoms with Gasteiger partial charge >= 0.3 is 0 Å². The van der Waals surface area contributed by atoms with E-state index in [1.165, 1.54) is 4.90 Å². The Balaban J connectivity index is 1.65. The van der Waals surface area contributed by atoms with E-state index < -0.39 is 0 Å². The van der Waals surface area contributed by atoms with Crippen LogP contribution in [-0.2, 0) is 6.54 Å². The maximum atomic E-state index is 11.6. The summed E-state index contributed by atoms with van der Waals surface area (Å²) in [5.74, 6) is 1.73. The number of nitrogens with zero attached hydrogens (tertiary/aromatic N) is 3. The second-order valence-corrected chi connectivity index (χ2v) is 6.05. The Bertz CT molecular complexity index is 697. The number of aromatic nitrogens is 2. The molecule has 6 nitrogen and oxygen atoms in total. The van der Waals surface area contributed by atoms with Crippen LogP contribution in [0.25, 0.3) is 0 Å². The number of carbonyl (C=O) groups is 1. The van der Waals surface area contributed by atoms with E-state index in [2.05, 4.69) is 14.9 Å². The van der Waals surface area contributed by atoms with Gasteiger partial charge < -0.3 is 14.5 Å². The summed E-state index contributed by atoms with van der Waals surface area (Å²) in [5, 5.41) is 0. The van der Waals surface area contributed by atoms with Crippen molar-refractivity contribution in [3.05, 3.63) is 47.8 Å². The van der Waals surface area contributed by atoms with Crippen LogP contribution in [0.4, 0.5) is 5.95 Å². The van der Waals surface area contributed by atoms with Crippen LogP contribution in [0.2, 0.25) is 0 Å². The first-order chi connectivity index (χ1) is 11.7. The molecule has 0 radical (unpaired) electrons. The number of rotatable bonds is 5. The zero-order valence-corrected chi connectivity index (χ0v) is 14.2. The average Bonchev–Trinajstić information content (AvgIpc) is 2.63. The maximum absolute atomic E-state index is 11.6. The number of ether oxygens (including phenoxy) is 1. The highest BCUT2D eigenvalue weighted by Crippen LogP contribution is 2.19. The first-order valence-corrected chi connectivity index (χ1v) is 8.21. The predicted octanol–water partition coefficient (Wildman–Crippen LogP) is 0.593. The van der Waals surface area contributed by atoms with Gasteiger partial charge in [-0.25, -0.2) is 9.97 Å². The SMILES string of the molecule is COc1ccc(C(C)=O)cc1C[NH+]1CCN(c2ncccn2)CC1. The molecule has 1 aliphatic heterocycles. The van der Waals surface area contributed by atoms with Crippen molar-refractivity contribution in [2.45, 2.75) is 13.5 Å². The molecule has 1 aromatic carbocycles. The van der Waals surface area contributed by atoms with E-state index >= 15 is 0 Å². The van der Waals surface area contributed by atoms with Gasteiger partial charge in [0.1, 0.15) is 12.3 Å². The molecule has 3 rings (SSSR count). The van der Waals surface area contributed by atoms with Gasteiger partial charge in [0.05, 0.1) is 33.3 Å². The minimum atomic E-state index is 0.0833. The normalized spacial score (nSPS) is 15.3. The number of carbonyl (C=O) groups excluding carboxylic acids is 1. The smallest absolute Gasteiger partial charge is 0.225 e. The van der Waals surface area contributed by atoms with Gasteiger partial charge in [-0.15, -0.1) is 0 Å². The van der Waals surface area contributed by atoms with Gasteiger partial charge in [0.15, 0.2) is 5.78 Å². The molecule has 0 bridgehead atoms. The molecule has 1 saturated heterocycles. The van der Waals surface area contributed by atoms with Crippen LogP contribution in [-0.4, -0.2) is 49.0 Å². The van der Waals surface area contributed by atoms with Crippen molar-refractivity contribution < 1.29 is 14.4 Å². The highest BCUT2D eigenvalue weighted by Gasteiger charge is 2.23. The molecule has 0 atom stereocenters. The van der Waals surface area contributed by atoms with Gasteiger partial charge in [0.25, 0.3) is 0 Å². The van der Waals surface area contributed by atoms with Crippen molar-refractivity contribution in [1.29, 1.82) is 0 Å². The van der Waals surface area contributed by atoms with Crippen LogP contribution in [0.15, 0.2) is 36.7 Å². The topological polar surface area (TPSA) is 59.8 Å². The van der Waals surface area contributed by atoms with Crippen molar-refractivity contribution in [3.63, 3.8) is 0 Å². The van der Waals surface area contributed by atoms with Crippen LogP contribution in [0, 0.1) is 0 Å². The van der Waals surface area contributed by atoms with Crippen LogP contribution in [0.1, 0.15) is 22.8 Å². The molecule has 0 saturated carbocycles. The van der Waals surface area contributed by atoms with E-state index in [4.69, 9.17) is 4.74 Å². The molecule has 0 spiro atoms. The first kappa shape index (κ1) is 16.4. The van der Waals surface area contributed by atoms with Crippen LogP contribution < -0.4 is 14.5 Å². The maximum Gasteiger partial charge on any atom is 0.225 e. The molecule has 1 N–H and O–H groups in total. The zero-order chi connectivity index (χ0) is 16.9. The van der Waals surface area contributed by atoms with Crippen molar-refractivity contribution in [2.75, 3.05) is 38.2 Å². The summed E-state index contributed by atoms with van der Waals surface area (Å²) >= 11 is 0. The second-order valence-electron chi connectivity index (χ2n) is 6.05. The minimum absolute atomic E-state index is 0.0833. The lowest BCUT2D eigenvalue weighted by molar-refractivity contribution is -0.914. The highest BCUT2D eigenvalue weighted by atomic mass is 16.5. The van der Waals surface area contributed by atoms with E-state index in [1.54, 1.807) is 26.4 Å². The number of Topliss-reactive ketones (excluding diaryl/α,β-unsaturated/α-hetero) is 1. The fourth-order valence-corrected chi connectivity index (χ4v) is 3.06. The molecular weight excluding hydrogens is 304 g/mol. The molecule has 6 heteroatoms. The third kappa shape index (κ3) is 3.71.